The predicted octanol–water partition coefficient (Wildman–Crippen LogP) is 3.01. The molecule has 0 spiro atoms. The van der Waals surface area contributed by atoms with Gasteiger partial charge in [0.1, 0.15) is 11.3 Å². The second-order valence-corrected chi connectivity index (χ2v) is 6.55. The molecule has 0 saturated heterocycles. The van der Waals surface area contributed by atoms with Crippen LogP contribution < -0.4 is 10.9 Å². The third-order valence-electron chi connectivity index (χ3n) is 4.56. The van der Waals surface area contributed by atoms with Crippen LogP contribution >= 0.6 is 0 Å². The van der Waals surface area contributed by atoms with Crippen LogP contribution in [0.4, 0.5) is 13.2 Å². The molecule has 6 nitrogen and oxygen atoms in total. The number of carbonyl (C=O) groups is 1. The van der Waals surface area contributed by atoms with E-state index in [0.717, 1.165) is 12.1 Å². The van der Waals surface area contributed by atoms with Gasteiger partial charge in [0.05, 0.1) is 5.69 Å². The van der Waals surface area contributed by atoms with Crippen molar-refractivity contribution in [3.63, 3.8) is 0 Å². The van der Waals surface area contributed by atoms with Crippen LogP contribution in [-0.2, 0) is 6.54 Å². The van der Waals surface area contributed by atoms with Gasteiger partial charge in [0, 0.05) is 36.6 Å². The molecule has 2 aromatic carbocycles. The molecule has 1 N–H and O–H groups in total. The van der Waals surface area contributed by atoms with Crippen molar-refractivity contribution < 1.29 is 18.0 Å². The number of fused-ring (bicyclic) bond motifs is 1. The van der Waals surface area contributed by atoms with E-state index in [1.54, 1.807) is 24.4 Å². The second-order valence-electron chi connectivity index (χ2n) is 6.55. The Kier molecular flexibility index (Phi) is 5.09. The molecule has 1 amide bonds. The Morgan fingerprint density at radius 3 is 2.47 bits per heavy atom. The van der Waals surface area contributed by atoms with Crippen LogP contribution in [0.15, 0.2) is 65.7 Å². The van der Waals surface area contributed by atoms with Crippen molar-refractivity contribution in [3.8, 4) is 11.3 Å². The fourth-order valence-electron chi connectivity index (χ4n) is 2.99. The maximum atomic E-state index is 13.2. The minimum absolute atomic E-state index is 0.0172. The van der Waals surface area contributed by atoms with Gasteiger partial charge in [-0.05, 0) is 48.5 Å². The van der Waals surface area contributed by atoms with Crippen LogP contribution in [0.5, 0.6) is 0 Å². The lowest BCUT2D eigenvalue weighted by molar-refractivity contribution is 0.0951. The van der Waals surface area contributed by atoms with Gasteiger partial charge < -0.3 is 9.88 Å². The quantitative estimate of drug-likeness (QED) is 0.548. The number of rotatable bonds is 5. The molecule has 0 aliphatic rings. The monoisotopic (exact) mass is 412 g/mol. The molecule has 2 aromatic heterocycles. The first-order valence-corrected chi connectivity index (χ1v) is 9.00. The topological polar surface area (TPSA) is 68.4 Å². The smallest absolute Gasteiger partial charge is 0.276 e. The van der Waals surface area contributed by atoms with Crippen molar-refractivity contribution >= 4 is 11.4 Å². The van der Waals surface area contributed by atoms with Crippen LogP contribution in [0.3, 0.4) is 0 Å². The van der Waals surface area contributed by atoms with Crippen molar-refractivity contribution in [2.75, 3.05) is 6.54 Å². The molecule has 0 aliphatic heterocycles. The molecule has 152 valence electrons. The van der Waals surface area contributed by atoms with Gasteiger partial charge in [0.25, 0.3) is 11.5 Å². The van der Waals surface area contributed by atoms with Crippen LogP contribution in [-0.4, -0.2) is 26.6 Å². The first-order chi connectivity index (χ1) is 14.4. The molecule has 0 fully saturated rings. The second kappa shape index (κ2) is 7.86. The maximum Gasteiger partial charge on any atom is 0.276 e. The van der Waals surface area contributed by atoms with Crippen molar-refractivity contribution in [1.82, 2.24) is 19.5 Å². The molecule has 2 heterocycles. The molecule has 0 aliphatic carbocycles. The van der Waals surface area contributed by atoms with E-state index < -0.39 is 17.5 Å². The zero-order chi connectivity index (χ0) is 21.3. The first-order valence-electron chi connectivity index (χ1n) is 9.00. The lowest BCUT2D eigenvalue weighted by atomic mass is 10.1. The molecule has 0 bridgehead atoms. The third kappa shape index (κ3) is 3.82. The summed E-state index contributed by atoms with van der Waals surface area (Å²) in [4.78, 5) is 24.7. The van der Waals surface area contributed by atoms with E-state index in [1.807, 2.05) is 0 Å². The first kappa shape index (κ1) is 19.4. The van der Waals surface area contributed by atoms with Crippen molar-refractivity contribution in [1.29, 1.82) is 0 Å². The van der Waals surface area contributed by atoms with Gasteiger partial charge in [-0.1, -0.05) is 0 Å². The Morgan fingerprint density at radius 2 is 1.73 bits per heavy atom. The standard InChI is InChI=1S/C21H15F3N4O2/c22-15-4-1-13(2-5-15)18-12-19-21(30)27(9-10-28(19)26-18)8-7-25-20(29)14-3-6-16(23)17(24)11-14/h1-6,9-12H,7-8H2,(H,25,29). The van der Waals surface area contributed by atoms with Crippen molar-refractivity contribution in [2.24, 2.45) is 0 Å². The minimum Gasteiger partial charge on any atom is -0.350 e. The molecule has 4 aromatic rings. The van der Waals surface area contributed by atoms with Gasteiger partial charge >= 0.3 is 0 Å². The van der Waals surface area contributed by atoms with E-state index in [1.165, 1.54) is 33.5 Å². The predicted molar refractivity (Wildman–Crippen MR) is 104 cm³/mol. The molecule has 0 radical (unpaired) electrons. The van der Waals surface area contributed by atoms with Gasteiger partial charge in [-0.15, -0.1) is 0 Å². The Balaban J connectivity index is 1.48. The molecule has 0 unspecified atom stereocenters. The maximum absolute atomic E-state index is 13.2. The van der Waals surface area contributed by atoms with Gasteiger partial charge in [0.2, 0.25) is 0 Å². The van der Waals surface area contributed by atoms with E-state index in [0.29, 0.717) is 16.8 Å². The van der Waals surface area contributed by atoms with Crippen LogP contribution in [0.25, 0.3) is 16.8 Å². The number of nitrogens with zero attached hydrogens (tertiary/aromatic N) is 3. The van der Waals surface area contributed by atoms with Crippen LogP contribution in [0, 0.1) is 17.5 Å². The summed E-state index contributed by atoms with van der Waals surface area (Å²) in [6, 6.07) is 10.2. The summed E-state index contributed by atoms with van der Waals surface area (Å²) in [5, 5.41) is 6.88. The van der Waals surface area contributed by atoms with Gasteiger partial charge in [0.15, 0.2) is 11.6 Å². The SMILES string of the molecule is O=C(NCCn1ccn2nc(-c3ccc(F)cc3)cc2c1=O)c1ccc(F)c(F)c1. The molecule has 4 rings (SSSR count). The lowest BCUT2D eigenvalue weighted by Crippen LogP contribution is -2.31. The largest absolute Gasteiger partial charge is 0.350 e. The fourth-order valence-corrected chi connectivity index (χ4v) is 2.99. The molecular formula is C21H15F3N4O2. The number of hydrogen-bond acceptors (Lipinski definition) is 3. The minimum atomic E-state index is -1.11. The Bertz CT molecular complexity index is 1300. The summed E-state index contributed by atoms with van der Waals surface area (Å²) < 4.78 is 42.1. The van der Waals surface area contributed by atoms with E-state index in [4.69, 9.17) is 0 Å². The normalized spacial score (nSPS) is 11.0. The lowest BCUT2D eigenvalue weighted by Gasteiger charge is -2.08. The number of carbonyl (C=O) groups excluding carboxylic acids is 1. The number of halogens is 3. The summed E-state index contributed by atoms with van der Waals surface area (Å²) in [6.45, 7) is 0.272. The summed E-state index contributed by atoms with van der Waals surface area (Å²) >= 11 is 0. The highest BCUT2D eigenvalue weighted by molar-refractivity contribution is 5.94. The highest BCUT2D eigenvalue weighted by Crippen LogP contribution is 2.18. The highest BCUT2D eigenvalue weighted by atomic mass is 19.2. The summed E-state index contributed by atoms with van der Waals surface area (Å²) in [6.07, 6.45) is 3.13. The number of aromatic nitrogens is 3. The number of nitrogens with one attached hydrogen (secondary N) is 1. The van der Waals surface area contributed by atoms with E-state index in [9.17, 15) is 22.8 Å². The number of amides is 1. The van der Waals surface area contributed by atoms with Crippen molar-refractivity contribution in [2.45, 2.75) is 6.54 Å². The summed E-state index contributed by atoms with van der Waals surface area (Å²) in [5.74, 6) is -3.09. The number of hydrogen-bond donors (Lipinski definition) is 1. The average molecular weight is 412 g/mol. The zero-order valence-corrected chi connectivity index (χ0v) is 15.5. The fraction of sp³-hybridized carbons (Fsp3) is 0.0952. The molecular weight excluding hydrogens is 397 g/mol. The Hall–Kier alpha value is -3.88. The van der Waals surface area contributed by atoms with E-state index in [-0.39, 0.29) is 30.0 Å². The van der Waals surface area contributed by atoms with Crippen molar-refractivity contribution in [3.05, 3.63) is 94.3 Å². The summed E-state index contributed by atoms with van der Waals surface area (Å²) in [5.41, 5.74) is 1.18. The van der Waals surface area contributed by atoms with E-state index in [2.05, 4.69) is 10.4 Å². The third-order valence-corrected chi connectivity index (χ3v) is 4.56. The van der Waals surface area contributed by atoms with E-state index >= 15 is 0 Å². The Morgan fingerprint density at radius 1 is 0.967 bits per heavy atom. The zero-order valence-electron chi connectivity index (χ0n) is 15.5. The Labute approximate surface area is 168 Å². The van der Waals surface area contributed by atoms with Crippen LogP contribution in [0.1, 0.15) is 10.4 Å². The molecule has 0 atom stereocenters. The average Bonchev–Trinajstić information content (AvgIpc) is 3.17. The molecule has 0 saturated carbocycles. The molecule has 30 heavy (non-hydrogen) atoms. The van der Waals surface area contributed by atoms with Gasteiger partial charge in [-0.2, -0.15) is 5.10 Å². The number of benzene rings is 2. The van der Waals surface area contributed by atoms with Gasteiger partial charge in [-0.25, -0.2) is 17.7 Å². The highest BCUT2D eigenvalue weighted by Gasteiger charge is 2.11. The van der Waals surface area contributed by atoms with Crippen LogP contribution in [0.2, 0.25) is 0 Å². The van der Waals surface area contributed by atoms with Gasteiger partial charge in [-0.3, -0.25) is 9.59 Å². The molecule has 9 heteroatoms. The summed E-state index contributed by atoms with van der Waals surface area (Å²) in [7, 11) is 0.